The summed E-state index contributed by atoms with van der Waals surface area (Å²) < 4.78 is 25.7. The van der Waals surface area contributed by atoms with E-state index in [9.17, 15) is 13.2 Å². The molecule has 3 aromatic rings. The third-order valence-electron chi connectivity index (χ3n) is 5.67. The van der Waals surface area contributed by atoms with Gasteiger partial charge in [0, 0.05) is 12.6 Å². The molecule has 1 aliphatic heterocycles. The molecule has 10 heteroatoms. The number of nitrogens with zero attached hydrogens (tertiary/aromatic N) is 5. The fourth-order valence-electron chi connectivity index (χ4n) is 3.72. The molecule has 168 valence electrons. The topological polar surface area (TPSA) is 98.1 Å². The summed E-state index contributed by atoms with van der Waals surface area (Å²) in [5, 5.41) is 12.4. The minimum absolute atomic E-state index is 0.0105. The molecule has 0 saturated carbocycles. The van der Waals surface area contributed by atoms with Gasteiger partial charge in [0.1, 0.15) is 0 Å². The zero-order valence-corrected chi connectivity index (χ0v) is 19.6. The molecule has 8 nitrogen and oxygen atoms in total. The van der Waals surface area contributed by atoms with Crippen LogP contribution >= 0.6 is 11.8 Å². The van der Waals surface area contributed by atoms with Gasteiger partial charge in [0.05, 0.1) is 22.9 Å². The second-order valence-electron chi connectivity index (χ2n) is 7.99. The molecule has 1 atom stereocenters. The van der Waals surface area contributed by atoms with Crippen molar-refractivity contribution >= 4 is 27.5 Å². The molecule has 2 aromatic carbocycles. The van der Waals surface area contributed by atoms with Crippen LogP contribution in [-0.4, -0.2) is 62.7 Å². The van der Waals surface area contributed by atoms with Gasteiger partial charge < -0.3 is 4.90 Å². The third kappa shape index (κ3) is 5.18. The minimum Gasteiger partial charge on any atom is -0.334 e. The monoisotopic (exact) mass is 471 g/mol. The first kappa shape index (κ1) is 22.5. The fourth-order valence-corrected chi connectivity index (χ4v) is 6.23. The van der Waals surface area contributed by atoms with Gasteiger partial charge in [-0.15, -0.1) is 5.10 Å². The zero-order valence-electron chi connectivity index (χ0n) is 18.0. The quantitative estimate of drug-likeness (QED) is 0.489. The fraction of sp³-hybridized carbons (Fsp3) is 0.364. The van der Waals surface area contributed by atoms with Gasteiger partial charge in [-0.3, -0.25) is 4.79 Å². The van der Waals surface area contributed by atoms with E-state index in [0.29, 0.717) is 18.1 Å². The third-order valence-corrected chi connectivity index (χ3v) is 8.32. The summed E-state index contributed by atoms with van der Waals surface area (Å²) in [7, 11) is -3.11. The molecule has 0 spiro atoms. The standard InChI is InChI=1S/C22H25N5O3S2/c1-16-8-9-19(12-17(16)2)27-22(23-24-25-27)31-14-21(28)26(13-18-6-4-3-5-7-18)20-10-11-32(29,30)15-20/h3-9,12,20H,10-11,13-15H2,1-2H3. The van der Waals surface area contributed by atoms with Gasteiger partial charge >= 0.3 is 0 Å². The van der Waals surface area contributed by atoms with Gasteiger partial charge in [-0.05, 0) is 59.5 Å². The normalized spacial score (nSPS) is 17.4. The van der Waals surface area contributed by atoms with Crippen molar-refractivity contribution in [1.29, 1.82) is 0 Å². The number of aryl methyl sites for hydroxylation is 2. The maximum Gasteiger partial charge on any atom is 0.233 e. The van der Waals surface area contributed by atoms with Crippen molar-refractivity contribution in [3.8, 4) is 5.69 Å². The van der Waals surface area contributed by atoms with Crippen molar-refractivity contribution in [3.63, 3.8) is 0 Å². The molecule has 0 N–H and O–H groups in total. The molecule has 1 aliphatic rings. The highest BCUT2D eigenvalue weighted by Gasteiger charge is 2.34. The highest BCUT2D eigenvalue weighted by molar-refractivity contribution is 7.99. The van der Waals surface area contributed by atoms with Crippen LogP contribution in [0, 0.1) is 13.8 Å². The summed E-state index contributed by atoms with van der Waals surface area (Å²) in [6, 6.07) is 15.3. The number of hydrogen-bond acceptors (Lipinski definition) is 7. The lowest BCUT2D eigenvalue weighted by Gasteiger charge is -2.28. The number of amides is 1. The molecule has 0 radical (unpaired) electrons. The van der Waals surface area contributed by atoms with Crippen LogP contribution in [0.25, 0.3) is 5.69 Å². The summed E-state index contributed by atoms with van der Waals surface area (Å²) in [4.78, 5) is 14.9. The Kier molecular flexibility index (Phi) is 6.61. The molecule has 4 rings (SSSR count). The molecule has 32 heavy (non-hydrogen) atoms. The number of carbonyl (C=O) groups excluding carboxylic acids is 1. The van der Waals surface area contributed by atoms with Gasteiger partial charge in [-0.2, -0.15) is 4.68 Å². The molecule has 1 aromatic heterocycles. The Morgan fingerprint density at radius 2 is 1.94 bits per heavy atom. The lowest BCUT2D eigenvalue weighted by atomic mass is 10.1. The number of rotatable bonds is 7. The zero-order chi connectivity index (χ0) is 22.7. The molecule has 2 heterocycles. The lowest BCUT2D eigenvalue weighted by molar-refractivity contribution is -0.130. The largest absolute Gasteiger partial charge is 0.334 e. The number of thioether (sulfide) groups is 1. The van der Waals surface area contributed by atoms with Crippen LogP contribution in [0.4, 0.5) is 0 Å². The number of aromatic nitrogens is 4. The van der Waals surface area contributed by atoms with Crippen LogP contribution in [0.2, 0.25) is 0 Å². The van der Waals surface area contributed by atoms with E-state index in [-0.39, 0.29) is 29.2 Å². The number of benzene rings is 2. The van der Waals surface area contributed by atoms with Gasteiger partial charge in [0.25, 0.3) is 0 Å². The van der Waals surface area contributed by atoms with Crippen molar-refractivity contribution in [1.82, 2.24) is 25.1 Å². The minimum atomic E-state index is -3.11. The summed E-state index contributed by atoms with van der Waals surface area (Å²) in [5.74, 6) is 0.121. The van der Waals surface area contributed by atoms with Crippen molar-refractivity contribution in [2.75, 3.05) is 17.3 Å². The Labute approximate surface area is 191 Å². The van der Waals surface area contributed by atoms with Crippen LogP contribution in [-0.2, 0) is 21.2 Å². The van der Waals surface area contributed by atoms with E-state index >= 15 is 0 Å². The molecule has 1 fully saturated rings. The molecular formula is C22H25N5O3S2. The average molecular weight is 472 g/mol. The summed E-state index contributed by atoms with van der Waals surface area (Å²) in [6.07, 6.45) is 0.464. The van der Waals surface area contributed by atoms with Crippen LogP contribution in [0.3, 0.4) is 0 Å². The van der Waals surface area contributed by atoms with Crippen molar-refractivity contribution in [2.24, 2.45) is 0 Å². The summed E-state index contributed by atoms with van der Waals surface area (Å²) in [6.45, 7) is 4.44. The number of hydrogen-bond donors (Lipinski definition) is 0. The molecule has 0 aliphatic carbocycles. The van der Waals surface area contributed by atoms with E-state index in [4.69, 9.17) is 0 Å². The van der Waals surface area contributed by atoms with E-state index in [1.165, 1.54) is 17.3 Å². The van der Waals surface area contributed by atoms with Crippen molar-refractivity contribution in [2.45, 2.75) is 38.0 Å². The summed E-state index contributed by atoms with van der Waals surface area (Å²) in [5.41, 5.74) is 4.10. The van der Waals surface area contributed by atoms with Gasteiger partial charge in [-0.1, -0.05) is 48.2 Å². The molecular weight excluding hydrogens is 446 g/mol. The maximum atomic E-state index is 13.2. The molecule has 0 bridgehead atoms. The predicted molar refractivity (Wildman–Crippen MR) is 123 cm³/mol. The number of sulfone groups is 1. The van der Waals surface area contributed by atoms with Crippen LogP contribution in [0.1, 0.15) is 23.1 Å². The first-order valence-electron chi connectivity index (χ1n) is 10.3. The van der Waals surface area contributed by atoms with E-state index in [1.54, 1.807) is 9.58 Å². The molecule has 1 amide bonds. The Bertz CT molecular complexity index is 1210. The average Bonchev–Trinajstić information content (AvgIpc) is 3.39. The first-order chi connectivity index (χ1) is 15.3. The lowest BCUT2D eigenvalue weighted by Crippen LogP contribution is -2.41. The SMILES string of the molecule is Cc1ccc(-n2nnnc2SCC(=O)N(Cc2ccccc2)C2CCS(=O)(=O)C2)cc1C. The van der Waals surface area contributed by atoms with E-state index in [0.717, 1.165) is 16.8 Å². The van der Waals surface area contributed by atoms with E-state index in [2.05, 4.69) is 15.5 Å². The molecule has 1 unspecified atom stereocenters. The van der Waals surface area contributed by atoms with Crippen LogP contribution < -0.4 is 0 Å². The first-order valence-corrected chi connectivity index (χ1v) is 13.2. The second-order valence-corrected chi connectivity index (χ2v) is 11.2. The summed E-state index contributed by atoms with van der Waals surface area (Å²) >= 11 is 1.25. The van der Waals surface area contributed by atoms with E-state index in [1.807, 2.05) is 62.4 Å². The van der Waals surface area contributed by atoms with Gasteiger partial charge in [-0.25, -0.2) is 8.42 Å². The second kappa shape index (κ2) is 9.41. The highest BCUT2D eigenvalue weighted by Crippen LogP contribution is 2.24. The predicted octanol–water partition coefficient (Wildman–Crippen LogP) is 2.59. The Morgan fingerprint density at radius 3 is 2.62 bits per heavy atom. The van der Waals surface area contributed by atoms with Crippen molar-refractivity contribution < 1.29 is 13.2 Å². The van der Waals surface area contributed by atoms with Gasteiger partial charge in [0.2, 0.25) is 11.1 Å². The Morgan fingerprint density at radius 1 is 1.16 bits per heavy atom. The van der Waals surface area contributed by atoms with Crippen molar-refractivity contribution in [3.05, 3.63) is 65.2 Å². The smallest absolute Gasteiger partial charge is 0.233 e. The van der Waals surface area contributed by atoms with Crippen LogP contribution in [0.5, 0.6) is 0 Å². The maximum absolute atomic E-state index is 13.2. The molecule has 1 saturated heterocycles. The van der Waals surface area contributed by atoms with Crippen LogP contribution in [0.15, 0.2) is 53.7 Å². The Hall–Kier alpha value is -2.72. The Balaban J connectivity index is 1.50. The highest BCUT2D eigenvalue weighted by atomic mass is 32.2. The number of tetrazole rings is 1. The van der Waals surface area contributed by atoms with E-state index < -0.39 is 9.84 Å². The number of carbonyl (C=O) groups is 1. The van der Waals surface area contributed by atoms with Gasteiger partial charge in [0.15, 0.2) is 9.84 Å².